The summed E-state index contributed by atoms with van der Waals surface area (Å²) < 4.78 is 8.85. The number of nitrogens with zero attached hydrogens (tertiary/aromatic N) is 1. The summed E-state index contributed by atoms with van der Waals surface area (Å²) in [6.07, 6.45) is 0. The van der Waals surface area contributed by atoms with E-state index in [1.54, 1.807) is 0 Å². The second-order valence-corrected chi connectivity index (χ2v) is 9.29. The third-order valence-corrected chi connectivity index (χ3v) is 7.37. The molecule has 2 nitrogen and oxygen atoms in total. The molecule has 0 aliphatic carbocycles. The van der Waals surface area contributed by atoms with Crippen molar-refractivity contribution in [3.05, 3.63) is 115 Å². The first-order valence-corrected chi connectivity index (χ1v) is 11.9. The van der Waals surface area contributed by atoms with Crippen LogP contribution in [0.4, 0.5) is 17.1 Å². The number of hydrogen-bond acceptors (Lipinski definition) is 3. The van der Waals surface area contributed by atoms with E-state index in [1.807, 2.05) is 23.5 Å². The molecule has 5 aromatic carbocycles. The molecule has 0 aliphatic heterocycles. The molecule has 2 heterocycles. The Balaban J connectivity index is 1.48. The van der Waals surface area contributed by atoms with Crippen LogP contribution in [0.5, 0.6) is 0 Å². The first kappa shape index (κ1) is 18.5. The molecule has 0 spiro atoms. The summed E-state index contributed by atoms with van der Waals surface area (Å²) in [6, 6.07) is 40.5. The van der Waals surface area contributed by atoms with Gasteiger partial charge in [-0.2, -0.15) is 0 Å². The summed E-state index contributed by atoms with van der Waals surface area (Å²) >= 11 is 1.82. The molecule has 0 aliphatic rings. The van der Waals surface area contributed by atoms with Crippen molar-refractivity contribution in [1.82, 2.24) is 0 Å². The second-order valence-electron chi connectivity index (χ2n) is 8.20. The molecule has 0 amide bonds. The van der Waals surface area contributed by atoms with Gasteiger partial charge < -0.3 is 9.32 Å². The first-order valence-electron chi connectivity index (χ1n) is 11.0. The molecule has 3 heteroatoms. The maximum absolute atomic E-state index is 6.34. The maximum atomic E-state index is 6.34. The first-order chi connectivity index (χ1) is 16.4. The van der Waals surface area contributed by atoms with Gasteiger partial charge in [0.2, 0.25) is 0 Å². The lowest BCUT2D eigenvalue weighted by atomic mass is 10.1. The summed E-state index contributed by atoms with van der Waals surface area (Å²) in [5.41, 5.74) is 5.35. The SMILES string of the molecule is c1ccc(N(c2ccccc2)c2ccc3c(c2)sc2ccc4c5ccccc5oc4c23)cc1. The Morgan fingerprint density at radius 3 is 1.94 bits per heavy atom. The third-order valence-electron chi connectivity index (χ3n) is 6.25. The molecule has 0 saturated heterocycles. The van der Waals surface area contributed by atoms with Gasteiger partial charge in [0, 0.05) is 48.0 Å². The van der Waals surface area contributed by atoms with Gasteiger partial charge in [-0.25, -0.2) is 0 Å². The van der Waals surface area contributed by atoms with Crippen LogP contribution in [0.15, 0.2) is 120 Å². The van der Waals surface area contributed by atoms with Crippen LogP contribution >= 0.6 is 11.3 Å². The van der Waals surface area contributed by atoms with E-state index in [-0.39, 0.29) is 0 Å². The van der Waals surface area contributed by atoms with Gasteiger partial charge in [-0.1, -0.05) is 60.7 Å². The van der Waals surface area contributed by atoms with Crippen molar-refractivity contribution >= 4 is 70.5 Å². The molecule has 0 fully saturated rings. The largest absolute Gasteiger partial charge is 0.455 e. The standard InChI is InChI=1S/C30H19NOS/c1-3-9-20(10-4-1)31(21-11-5-2-6-12-21)22-15-16-25-28(19-22)33-27-18-17-24-23-13-7-8-14-26(23)32-30(24)29(25)27/h1-19H. The van der Waals surface area contributed by atoms with Crippen molar-refractivity contribution < 1.29 is 4.42 Å². The van der Waals surface area contributed by atoms with Crippen molar-refractivity contribution in [1.29, 1.82) is 0 Å². The quantitative estimate of drug-likeness (QED) is 0.271. The van der Waals surface area contributed by atoms with E-state index in [1.165, 1.54) is 30.9 Å². The zero-order valence-corrected chi connectivity index (χ0v) is 18.5. The smallest absolute Gasteiger partial charge is 0.144 e. The van der Waals surface area contributed by atoms with Crippen molar-refractivity contribution in [3.8, 4) is 0 Å². The Bertz CT molecular complexity index is 1720. The summed E-state index contributed by atoms with van der Waals surface area (Å²) in [4.78, 5) is 2.31. The number of thiophene rings is 1. The van der Waals surface area contributed by atoms with Crippen molar-refractivity contribution in [2.75, 3.05) is 4.90 Å². The van der Waals surface area contributed by atoms with E-state index in [0.29, 0.717) is 0 Å². The van der Waals surface area contributed by atoms with Crippen LogP contribution < -0.4 is 4.90 Å². The summed E-state index contributed by atoms with van der Waals surface area (Å²) in [7, 11) is 0. The molecule has 0 atom stereocenters. The summed E-state index contributed by atoms with van der Waals surface area (Å²) in [5.74, 6) is 0. The molecule has 0 unspecified atom stereocenters. The third kappa shape index (κ3) is 2.86. The van der Waals surface area contributed by atoms with Gasteiger partial charge in [0.05, 0.1) is 0 Å². The lowest BCUT2D eigenvalue weighted by Crippen LogP contribution is -2.09. The summed E-state index contributed by atoms with van der Waals surface area (Å²) in [6.45, 7) is 0. The normalized spacial score (nSPS) is 11.6. The number of para-hydroxylation sites is 3. The Hall–Kier alpha value is -4.08. The zero-order chi connectivity index (χ0) is 21.8. The molecule has 0 saturated carbocycles. The molecule has 0 bridgehead atoms. The predicted molar refractivity (Wildman–Crippen MR) is 141 cm³/mol. The van der Waals surface area contributed by atoms with Gasteiger partial charge >= 0.3 is 0 Å². The average molecular weight is 442 g/mol. The minimum Gasteiger partial charge on any atom is -0.455 e. The molecule has 2 aromatic heterocycles. The van der Waals surface area contributed by atoms with Crippen LogP contribution in [-0.4, -0.2) is 0 Å². The molecular weight excluding hydrogens is 422 g/mol. The highest BCUT2D eigenvalue weighted by Crippen LogP contribution is 2.44. The van der Waals surface area contributed by atoms with Gasteiger partial charge in [-0.05, 0) is 54.6 Å². The number of fused-ring (bicyclic) bond motifs is 7. The van der Waals surface area contributed by atoms with Gasteiger partial charge in [-0.15, -0.1) is 11.3 Å². The maximum Gasteiger partial charge on any atom is 0.144 e. The molecule has 33 heavy (non-hydrogen) atoms. The van der Waals surface area contributed by atoms with Gasteiger partial charge in [0.15, 0.2) is 0 Å². The molecule has 156 valence electrons. The lowest BCUT2D eigenvalue weighted by Gasteiger charge is -2.25. The van der Waals surface area contributed by atoms with Crippen LogP contribution in [0, 0.1) is 0 Å². The highest BCUT2D eigenvalue weighted by molar-refractivity contribution is 7.26. The minimum atomic E-state index is 0.940. The second kappa shape index (κ2) is 7.22. The average Bonchev–Trinajstić information content (AvgIpc) is 3.43. The topological polar surface area (TPSA) is 16.4 Å². The Labute approximate surface area is 194 Å². The fourth-order valence-corrected chi connectivity index (χ4v) is 5.91. The predicted octanol–water partition coefficient (Wildman–Crippen LogP) is 9.42. The minimum absolute atomic E-state index is 0.940. The fourth-order valence-electron chi connectivity index (χ4n) is 4.77. The number of furan rings is 1. The van der Waals surface area contributed by atoms with Gasteiger partial charge in [0.25, 0.3) is 0 Å². The Kier molecular flexibility index (Phi) is 4.05. The Morgan fingerprint density at radius 1 is 0.515 bits per heavy atom. The van der Waals surface area contributed by atoms with E-state index in [2.05, 4.69) is 108 Å². The number of rotatable bonds is 3. The molecule has 7 aromatic rings. The van der Waals surface area contributed by atoms with E-state index in [4.69, 9.17) is 4.42 Å². The number of hydrogen-bond donors (Lipinski definition) is 0. The molecule has 7 rings (SSSR count). The van der Waals surface area contributed by atoms with Crippen LogP contribution in [0.1, 0.15) is 0 Å². The lowest BCUT2D eigenvalue weighted by molar-refractivity contribution is 0.673. The zero-order valence-electron chi connectivity index (χ0n) is 17.7. The van der Waals surface area contributed by atoms with Crippen LogP contribution in [0.3, 0.4) is 0 Å². The highest BCUT2D eigenvalue weighted by Gasteiger charge is 2.17. The van der Waals surface area contributed by atoms with Crippen molar-refractivity contribution in [3.63, 3.8) is 0 Å². The highest BCUT2D eigenvalue weighted by atomic mass is 32.1. The van der Waals surface area contributed by atoms with Crippen molar-refractivity contribution in [2.45, 2.75) is 0 Å². The number of anilines is 3. The van der Waals surface area contributed by atoms with Gasteiger partial charge in [-0.3, -0.25) is 0 Å². The van der Waals surface area contributed by atoms with E-state index < -0.39 is 0 Å². The Morgan fingerprint density at radius 2 is 1.18 bits per heavy atom. The molecule has 0 N–H and O–H groups in total. The van der Waals surface area contributed by atoms with Crippen LogP contribution in [-0.2, 0) is 0 Å². The van der Waals surface area contributed by atoms with Crippen LogP contribution in [0.2, 0.25) is 0 Å². The fraction of sp³-hybridized carbons (Fsp3) is 0. The van der Waals surface area contributed by atoms with Crippen LogP contribution in [0.25, 0.3) is 42.1 Å². The van der Waals surface area contributed by atoms with Crippen molar-refractivity contribution in [2.24, 2.45) is 0 Å². The number of benzene rings is 5. The molecular formula is C30H19NOS. The monoisotopic (exact) mass is 441 g/mol. The van der Waals surface area contributed by atoms with E-state index in [9.17, 15) is 0 Å². The van der Waals surface area contributed by atoms with E-state index >= 15 is 0 Å². The van der Waals surface area contributed by atoms with E-state index in [0.717, 1.165) is 28.2 Å². The molecule has 0 radical (unpaired) electrons. The van der Waals surface area contributed by atoms with Gasteiger partial charge in [0.1, 0.15) is 11.2 Å². The summed E-state index contributed by atoms with van der Waals surface area (Å²) in [5, 5.41) is 4.80.